The number of rotatable bonds is 9. The van der Waals surface area contributed by atoms with Gasteiger partial charge in [-0.1, -0.05) is 18.2 Å². The van der Waals surface area contributed by atoms with Crippen molar-refractivity contribution in [3.8, 4) is 11.5 Å². The van der Waals surface area contributed by atoms with Crippen molar-refractivity contribution in [3.05, 3.63) is 59.2 Å². The van der Waals surface area contributed by atoms with Crippen LogP contribution in [-0.4, -0.2) is 32.7 Å². The zero-order valence-corrected chi connectivity index (χ0v) is 15.9. The highest BCUT2D eigenvalue weighted by molar-refractivity contribution is 5.89. The monoisotopic (exact) mass is 371 g/mol. The average molecular weight is 371 g/mol. The third-order valence-electron chi connectivity index (χ3n) is 4.03. The van der Waals surface area contributed by atoms with Crippen molar-refractivity contribution in [2.45, 2.75) is 26.3 Å². The highest BCUT2D eigenvalue weighted by Crippen LogP contribution is 2.28. The topological polar surface area (TPSA) is 73.9 Å². The molecule has 0 bridgehead atoms. The van der Waals surface area contributed by atoms with Gasteiger partial charge in [0.1, 0.15) is 0 Å². The maximum atomic E-state index is 12.1. The number of amides is 1. The number of ether oxygens (including phenoxy) is 3. The van der Waals surface area contributed by atoms with E-state index in [9.17, 15) is 9.59 Å². The molecule has 1 amide bonds. The van der Waals surface area contributed by atoms with Gasteiger partial charge in [-0.3, -0.25) is 4.79 Å². The van der Waals surface area contributed by atoms with E-state index in [2.05, 4.69) is 10.1 Å². The summed E-state index contributed by atoms with van der Waals surface area (Å²) >= 11 is 0. The number of carbonyl (C=O) groups excluding carboxylic acids is 2. The van der Waals surface area contributed by atoms with Crippen LogP contribution >= 0.6 is 0 Å². The van der Waals surface area contributed by atoms with E-state index < -0.39 is 0 Å². The van der Waals surface area contributed by atoms with Gasteiger partial charge in [-0.2, -0.15) is 0 Å². The van der Waals surface area contributed by atoms with E-state index in [1.54, 1.807) is 31.4 Å². The minimum atomic E-state index is -0.378. The van der Waals surface area contributed by atoms with E-state index in [1.165, 1.54) is 7.11 Å². The lowest BCUT2D eigenvalue weighted by Gasteiger charge is -2.11. The van der Waals surface area contributed by atoms with E-state index in [0.717, 1.165) is 11.1 Å². The maximum Gasteiger partial charge on any atom is 0.337 e. The zero-order valence-electron chi connectivity index (χ0n) is 15.9. The van der Waals surface area contributed by atoms with Gasteiger partial charge in [0.2, 0.25) is 5.91 Å². The van der Waals surface area contributed by atoms with Crippen molar-refractivity contribution in [2.24, 2.45) is 0 Å². The van der Waals surface area contributed by atoms with Gasteiger partial charge in [-0.25, -0.2) is 4.79 Å². The van der Waals surface area contributed by atoms with E-state index in [1.807, 2.05) is 25.1 Å². The largest absolute Gasteiger partial charge is 0.493 e. The molecule has 144 valence electrons. The molecule has 0 aliphatic rings. The van der Waals surface area contributed by atoms with E-state index in [4.69, 9.17) is 9.47 Å². The molecule has 2 aromatic rings. The summed E-state index contributed by atoms with van der Waals surface area (Å²) < 4.78 is 15.5. The molecule has 0 saturated carbocycles. The van der Waals surface area contributed by atoms with Crippen molar-refractivity contribution < 1.29 is 23.8 Å². The Hall–Kier alpha value is -3.02. The van der Waals surface area contributed by atoms with E-state index in [0.29, 0.717) is 43.1 Å². The molecule has 1 N–H and O–H groups in total. The summed E-state index contributed by atoms with van der Waals surface area (Å²) in [5.74, 6) is 0.945. The molecule has 0 aliphatic carbocycles. The van der Waals surface area contributed by atoms with Crippen LogP contribution in [0.15, 0.2) is 42.5 Å². The van der Waals surface area contributed by atoms with Crippen LogP contribution in [0.4, 0.5) is 0 Å². The Labute approximate surface area is 159 Å². The van der Waals surface area contributed by atoms with Gasteiger partial charge in [0.25, 0.3) is 0 Å². The Morgan fingerprint density at radius 3 is 2.30 bits per heavy atom. The molecule has 0 saturated heterocycles. The van der Waals surface area contributed by atoms with Crippen molar-refractivity contribution in [3.63, 3.8) is 0 Å². The molecule has 0 aliphatic heterocycles. The SMILES string of the molecule is CCOc1ccc(CCC(=O)NCc2ccc(C(=O)OC)cc2)cc1OC. The fourth-order valence-electron chi connectivity index (χ4n) is 2.57. The van der Waals surface area contributed by atoms with Gasteiger partial charge < -0.3 is 19.5 Å². The van der Waals surface area contributed by atoms with Gasteiger partial charge in [0, 0.05) is 13.0 Å². The molecule has 2 rings (SSSR count). The molecule has 0 fully saturated rings. The first kappa shape index (κ1) is 20.3. The molecule has 0 aromatic heterocycles. The van der Waals surface area contributed by atoms with Crippen LogP contribution < -0.4 is 14.8 Å². The quantitative estimate of drug-likeness (QED) is 0.686. The highest BCUT2D eigenvalue weighted by Gasteiger charge is 2.08. The molecule has 0 radical (unpaired) electrons. The summed E-state index contributed by atoms with van der Waals surface area (Å²) in [6.45, 7) is 2.90. The first-order chi connectivity index (χ1) is 13.1. The second-order valence-corrected chi connectivity index (χ2v) is 5.88. The molecule has 6 heteroatoms. The van der Waals surface area contributed by atoms with Crippen LogP contribution in [0.1, 0.15) is 34.8 Å². The van der Waals surface area contributed by atoms with Gasteiger partial charge in [0.05, 0.1) is 26.4 Å². The fraction of sp³-hybridized carbons (Fsp3) is 0.333. The van der Waals surface area contributed by atoms with E-state index >= 15 is 0 Å². The third kappa shape index (κ3) is 6.02. The van der Waals surface area contributed by atoms with Crippen LogP contribution in [0.25, 0.3) is 0 Å². The number of aryl methyl sites for hydroxylation is 1. The average Bonchev–Trinajstić information content (AvgIpc) is 2.71. The predicted molar refractivity (Wildman–Crippen MR) is 102 cm³/mol. The molecule has 27 heavy (non-hydrogen) atoms. The Bertz CT molecular complexity index is 771. The van der Waals surface area contributed by atoms with Crippen LogP contribution in [-0.2, 0) is 22.5 Å². The lowest BCUT2D eigenvalue weighted by atomic mass is 10.1. The number of methoxy groups -OCH3 is 2. The summed E-state index contributed by atoms with van der Waals surface area (Å²) in [6, 6.07) is 12.6. The molecule has 0 spiro atoms. The first-order valence-electron chi connectivity index (χ1n) is 8.81. The minimum absolute atomic E-state index is 0.0418. The lowest BCUT2D eigenvalue weighted by molar-refractivity contribution is -0.121. The van der Waals surface area contributed by atoms with E-state index in [-0.39, 0.29) is 11.9 Å². The van der Waals surface area contributed by atoms with Crippen molar-refractivity contribution in [1.82, 2.24) is 5.32 Å². The summed E-state index contributed by atoms with van der Waals surface area (Å²) in [4.78, 5) is 23.5. The van der Waals surface area contributed by atoms with Gasteiger partial charge >= 0.3 is 5.97 Å². The standard InChI is InChI=1S/C21H25NO5/c1-4-27-18-11-7-15(13-19(18)25-2)8-12-20(23)22-14-16-5-9-17(10-6-16)21(24)26-3/h5-7,9-11,13H,4,8,12,14H2,1-3H3,(H,22,23). The van der Waals surface area contributed by atoms with Crippen molar-refractivity contribution in [2.75, 3.05) is 20.8 Å². The number of nitrogens with one attached hydrogen (secondary N) is 1. The number of hydrogen-bond donors (Lipinski definition) is 1. The smallest absolute Gasteiger partial charge is 0.337 e. The summed E-state index contributed by atoms with van der Waals surface area (Å²) in [5, 5.41) is 2.88. The van der Waals surface area contributed by atoms with Crippen LogP contribution in [0.5, 0.6) is 11.5 Å². The lowest BCUT2D eigenvalue weighted by Crippen LogP contribution is -2.23. The van der Waals surface area contributed by atoms with Gasteiger partial charge in [-0.15, -0.1) is 0 Å². The van der Waals surface area contributed by atoms with Crippen molar-refractivity contribution in [1.29, 1.82) is 0 Å². The number of hydrogen-bond acceptors (Lipinski definition) is 5. The molecule has 0 atom stereocenters. The number of benzene rings is 2. The molecule has 2 aromatic carbocycles. The molecule has 0 unspecified atom stereocenters. The van der Waals surface area contributed by atoms with Crippen molar-refractivity contribution >= 4 is 11.9 Å². The first-order valence-corrected chi connectivity index (χ1v) is 8.81. The normalized spacial score (nSPS) is 10.2. The number of carbonyl (C=O) groups is 2. The molecule has 0 heterocycles. The van der Waals surface area contributed by atoms with Crippen LogP contribution in [0, 0.1) is 0 Å². The minimum Gasteiger partial charge on any atom is -0.493 e. The Balaban J connectivity index is 1.83. The Morgan fingerprint density at radius 1 is 0.963 bits per heavy atom. The zero-order chi connectivity index (χ0) is 19.6. The Morgan fingerprint density at radius 2 is 1.67 bits per heavy atom. The molecular formula is C21H25NO5. The summed E-state index contributed by atoms with van der Waals surface area (Å²) in [6.07, 6.45) is 0.979. The highest BCUT2D eigenvalue weighted by atomic mass is 16.5. The molecule has 6 nitrogen and oxygen atoms in total. The molecular weight excluding hydrogens is 346 g/mol. The van der Waals surface area contributed by atoms with Crippen LogP contribution in [0.3, 0.4) is 0 Å². The number of esters is 1. The third-order valence-corrected chi connectivity index (χ3v) is 4.03. The predicted octanol–water partition coefficient (Wildman–Crippen LogP) is 3.13. The fourth-order valence-corrected chi connectivity index (χ4v) is 2.57. The second-order valence-electron chi connectivity index (χ2n) is 5.88. The second kappa shape index (κ2) is 10.2. The summed E-state index contributed by atoms with van der Waals surface area (Å²) in [7, 11) is 2.94. The summed E-state index contributed by atoms with van der Waals surface area (Å²) in [5.41, 5.74) is 2.41. The van der Waals surface area contributed by atoms with Gasteiger partial charge in [-0.05, 0) is 48.7 Å². The Kier molecular flexibility index (Phi) is 7.67. The van der Waals surface area contributed by atoms with Crippen LogP contribution in [0.2, 0.25) is 0 Å². The maximum absolute atomic E-state index is 12.1. The van der Waals surface area contributed by atoms with Gasteiger partial charge in [0.15, 0.2) is 11.5 Å².